The molecule has 8 heteroatoms. The highest BCUT2D eigenvalue weighted by Gasteiger charge is 2.15. The lowest BCUT2D eigenvalue weighted by atomic mass is 10.1. The minimum Gasteiger partial charge on any atom is -0.420 e. The van der Waals surface area contributed by atoms with Gasteiger partial charge in [-0.05, 0) is 52.7 Å². The van der Waals surface area contributed by atoms with E-state index in [1.807, 2.05) is 36.4 Å². The van der Waals surface area contributed by atoms with Gasteiger partial charge in [0.05, 0.1) is 16.8 Å². The first-order chi connectivity index (χ1) is 13.7. The number of nitrogens with zero attached hydrogens (tertiary/aromatic N) is 5. The van der Waals surface area contributed by atoms with Crippen molar-refractivity contribution in [3.05, 3.63) is 70.5 Å². The number of rotatable bonds is 4. The maximum absolute atomic E-state index is 5.84. The summed E-state index contributed by atoms with van der Waals surface area (Å²) in [7, 11) is 0. The fourth-order valence-electron chi connectivity index (χ4n) is 3.15. The number of pyridine rings is 1. The van der Waals surface area contributed by atoms with Crippen LogP contribution in [-0.4, -0.2) is 24.8 Å². The second-order valence-electron chi connectivity index (χ2n) is 6.29. The van der Waals surface area contributed by atoms with E-state index in [2.05, 4.69) is 65.8 Å². The molecule has 2 aromatic carbocycles. The molecule has 3 aromatic heterocycles. The van der Waals surface area contributed by atoms with E-state index in [0.717, 1.165) is 26.4 Å². The van der Waals surface area contributed by atoms with Gasteiger partial charge in [0, 0.05) is 9.86 Å². The van der Waals surface area contributed by atoms with Crippen molar-refractivity contribution in [2.75, 3.05) is 0 Å². The summed E-state index contributed by atoms with van der Waals surface area (Å²) in [5.74, 6) is 1.56. The lowest BCUT2D eigenvalue weighted by Gasteiger charge is -2.06. The van der Waals surface area contributed by atoms with Gasteiger partial charge < -0.3 is 4.42 Å². The monoisotopic (exact) mass is 451 g/mol. The number of halogens is 1. The molecule has 5 rings (SSSR count). The molecule has 138 valence electrons. The minimum atomic E-state index is 0.496. The van der Waals surface area contributed by atoms with Crippen LogP contribution in [0.2, 0.25) is 0 Å². The smallest absolute Gasteiger partial charge is 0.248 e. The summed E-state index contributed by atoms with van der Waals surface area (Å²) in [6, 6.07) is 18.1. The molecule has 0 atom stereocenters. The Morgan fingerprint density at radius 3 is 2.71 bits per heavy atom. The second kappa shape index (κ2) is 7.03. The number of hydrogen-bond acceptors (Lipinski definition) is 6. The molecule has 0 aliphatic heterocycles. The van der Waals surface area contributed by atoms with Gasteiger partial charge in [-0.15, -0.1) is 20.4 Å². The lowest BCUT2D eigenvalue weighted by molar-refractivity contribution is 0.528. The topological polar surface area (TPSA) is 69.1 Å². The second-order valence-corrected chi connectivity index (χ2v) is 8.09. The van der Waals surface area contributed by atoms with E-state index < -0.39 is 0 Å². The van der Waals surface area contributed by atoms with Crippen molar-refractivity contribution in [1.29, 1.82) is 0 Å². The van der Waals surface area contributed by atoms with Gasteiger partial charge in [-0.2, -0.15) is 0 Å². The van der Waals surface area contributed by atoms with Gasteiger partial charge in [-0.25, -0.2) is 0 Å². The lowest BCUT2D eigenvalue weighted by Crippen LogP contribution is -1.93. The Kier molecular flexibility index (Phi) is 4.37. The summed E-state index contributed by atoms with van der Waals surface area (Å²) < 4.78 is 8.82. The number of aromatic nitrogens is 5. The van der Waals surface area contributed by atoms with Crippen molar-refractivity contribution < 1.29 is 4.42 Å². The molecule has 5 aromatic rings. The Balaban J connectivity index is 1.46. The fraction of sp³-hybridized carbons (Fsp3) is 0.100. The Morgan fingerprint density at radius 2 is 1.82 bits per heavy atom. The van der Waals surface area contributed by atoms with Crippen LogP contribution in [-0.2, 0) is 5.75 Å². The highest BCUT2D eigenvalue weighted by molar-refractivity contribution is 9.10. The van der Waals surface area contributed by atoms with Crippen molar-refractivity contribution in [3.63, 3.8) is 0 Å². The first kappa shape index (κ1) is 17.4. The van der Waals surface area contributed by atoms with Crippen LogP contribution >= 0.6 is 27.7 Å². The molecular formula is C20H14BrN5OS. The molecular weight excluding hydrogens is 438 g/mol. The van der Waals surface area contributed by atoms with Crippen molar-refractivity contribution in [2.24, 2.45) is 0 Å². The van der Waals surface area contributed by atoms with Crippen LogP contribution < -0.4 is 0 Å². The molecule has 0 aliphatic carbocycles. The normalized spacial score (nSPS) is 11.5. The summed E-state index contributed by atoms with van der Waals surface area (Å²) in [6.45, 7) is 2.09. The largest absolute Gasteiger partial charge is 0.420 e. The highest BCUT2D eigenvalue weighted by atomic mass is 79.9. The summed E-state index contributed by atoms with van der Waals surface area (Å²) in [6.07, 6.45) is 0. The minimum absolute atomic E-state index is 0.496. The van der Waals surface area contributed by atoms with Gasteiger partial charge in [-0.3, -0.25) is 4.40 Å². The van der Waals surface area contributed by atoms with Gasteiger partial charge in [0.25, 0.3) is 0 Å². The Morgan fingerprint density at radius 1 is 1.00 bits per heavy atom. The molecule has 6 nitrogen and oxygen atoms in total. The molecule has 3 heterocycles. The third kappa shape index (κ3) is 2.98. The molecule has 0 aliphatic rings. The van der Waals surface area contributed by atoms with E-state index >= 15 is 0 Å². The van der Waals surface area contributed by atoms with Gasteiger partial charge in [-0.1, -0.05) is 42.1 Å². The maximum atomic E-state index is 5.84. The SMILES string of the molecule is Cc1cc2nnc(SCc3nnc(-c4ccccc4Br)o3)n2c2ccccc12. The Hall–Kier alpha value is -2.71. The van der Waals surface area contributed by atoms with Crippen LogP contribution in [0.3, 0.4) is 0 Å². The van der Waals surface area contributed by atoms with Crippen LogP contribution in [0.1, 0.15) is 11.5 Å². The summed E-state index contributed by atoms with van der Waals surface area (Å²) in [5, 5.41) is 19.0. The molecule has 0 spiro atoms. The summed E-state index contributed by atoms with van der Waals surface area (Å²) in [5.41, 5.74) is 3.98. The molecule has 0 saturated carbocycles. The highest BCUT2D eigenvalue weighted by Crippen LogP contribution is 2.30. The van der Waals surface area contributed by atoms with Gasteiger partial charge in [0.15, 0.2) is 10.8 Å². The van der Waals surface area contributed by atoms with Gasteiger partial charge in [0.2, 0.25) is 11.8 Å². The van der Waals surface area contributed by atoms with Crippen LogP contribution in [0.25, 0.3) is 28.0 Å². The van der Waals surface area contributed by atoms with Crippen LogP contribution in [0.4, 0.5) is 0 Å². The molecule has 0 unspecified atom stereocenters. The third-order valence-corrected chi connectivity index (χ3v) is 6.07. The Bertz CT molecular complexity index is 1310. The summed E-state index contributed by atoms with van der Waals surface area (Å²) >= 11 is 5.04. The van der Waals surface area contributed by atoms with E-state index in [-0.39, 0.29) is 0 Å². The fourth-order valence-corrected chi connectivity index (χ4v) is 4.39. The number of benzene rings is 2. The molecule has 0 N–H and O–H groups in total. The molecule has 0 bridgehead atoms. The van der Waals surface area contributed by atoms with Gasteiger partial charge >= 0.3 is 0 Å². The average molecular weight is 452 g/mol. The zero-order valence-corrected chi connectivity index (χ0v) is 17.2. The zero-order chi connectivity index (χ0) is 19.1. The van der Waals surface area contributed by atoms with Crippen molar-refractivity contribution in [1.82, 2.24) is 24.8 Å². The zero-order valence-electron chi connectivity index (χ0n) is 14.8. The van der Waals surface area contributed by atoms with E-state index in [9.17, 15) is 0 Å². The molecule has 0 fully saturated rings. The first-order valence-electron chi connectivity index (χ1n) is 8.64. The standard InChI is InChI=1S/C20H14BrN5OS/c1-12-10-17-22-25-20(26(17)16-9-5-3-6-13(12)16)28-11-18-23-24-19(27-18)14-7-2-4-8-15(14)21/h2-10H,11H2,1H3. The third-order valence-electron chi connectivity index (χ3n) is 4.47. The van der Waals surface area contributed by atoms with E-state index in [1.165, 1.54) is 22.7 Å². The van der Waals surface area contributed by atoms with Gasteiger partial charge in [0.1, 0.15) is 0 Å². The van der Waals surface area contributed by atoms with Crippen molar-refractivity contribution >= 4 is 44.2 Å². The van der Waals surface area contributed by atoms with E-state index in [0.29, 0.717) is 17.5 Å². The summed E-state index contributed by atoms with van der Waals surface area (Å²) in [4.78, 5) is 0. The quantitative estimate of drug-likeness (QED) is 0.345. The predicted octanol–water partition coefficient (Wildman–Crippen LogP) is 5.30. The maximum Gasteiger partial charge on any atom is 0.248 e. The Labute approximate surface area is 173 Å². The van der Waals surface area contributed by atoms with Crippen LogP contribution in [0, 0.1) is 6.92 Å². The van der Waals surface area contributed by atoms with E-state index in [4.69, 9.17) is 4.42 Å². The number of aryl methyl sites for hydroxylation is 1. The molecule has 0 amide bonds. The van der Waals surface area contributed by atoms with Crippen molar-refractivity contribution in [2.45, 2.75) is 17.8 Å². The molecule has 28 heavy (non-hydrogen) atoms. The van der Waals surface area contributed by atoms with E-state index in [1.54, 1.807) is 0 Å². The number of thioether (sulfide) groups is 1. The van der Waals surface area contributed by atoms with Crippen molar-refractivity contribution in [3.8, 4) is 11.5 Å². The number of hydrogen-bond donors (Lipinski definition) is 0. The molecule has 0 radical (unpaired) electrons. The van der Waals surface area contributed by atoms with Crippen LogP contribution in [0.5, 0.6) is 0 Å². The van der Waals surface area contributed by atoms with Crippen LogP contribution in [0.15, 0.2) is 68.6 Å². The average Bonchev–Trinajstić information content (AvgIpc) is 3.34. The number of fused-ring (bicyclic) bond motifs is 3. The molecule has 0 saturated heterocycles. The first-order valence-corrected chi connectivity index (χ1v) is 10.4. The predicted molar refractivity (Wildman–Crippen MR) is 112 cm³/mol. The number of para-hydroxylation sites is 1.